The molecule has 2 aromatic rings. The third kappa shape index (κ3) is 2.36. The summed E-state index contributed by atoms with van der Waals surface area (Å²) in [5.41, 5.74) is 1.91. The molecule has 3 heterocycles. The van der Waals surface area contributed by atoms with E-state index >= 15 is 0 Å². The van der Waals surface area contributed by atoms with Crippen molar-refractivity contribution in [1.82, 2.24) is 9.88 Å². The van der Waals surface area contributed by atoms with Gasteiger partial charge in [0, 0.05) is 23.6 Å². The maximum Gasteiger partial charge on any atom is 0.227 e. The van der Waals surface area contributed by atoms with Crippen molar-refractivity contribution in [2.45, 2.75) is 39.2 Å². The number of aromatic amines is 1. The number of nitrogens with one attached hydrogen (secondary N) is 1. The van der Waals surface area contributed by atoms with E-state index in [4.69, 9.17) is 0 Å². The summed E-state index contributed by atoms with van der Waals surface area (Å²) < 4.78 is 13.5. The summed E-state index contributed by atoms with van der Waals surface area (Å²) >= 11 is 0. The molecule has 0 radical (unpaired) electrons. The van der Waals surface area contributed by atoms with E-state index in [0.29, 0.717) is 12.3 Å². The van der Waals surface area contributed by atoms with Gasteiger partial charge < -0.3 is 9.88 Å². The van der Waals surface area contributed by atoms with E-state index in [1.54, 1.807) is 6.07 Å². The monoisotopic (exact) mass is 326 g/mol. The second kappa shape index (κ2) is 5.47. The maximum absolute atomic E-state index is 13.5. The Hall–Kier alpha value is -2.10. The summed E-state index contributed by atoms with van der Waals surface area (Å²) in [7, 11) is 0. The predicted molar refractivity (Wildman–Crippen MR) is 93.1 cm³/mol. The number of halogens is 1. The van der Waals surface area contributed by atoms with Crippen molar-refractivity contribution in [3.05, 3.63) is 47.9 Å². The molecule has 126 valence electrons. The first-order chi connectivity index (χ1) is 11.5. The van der Waals surface area contributed by atoms with Gasteiger partial charge in [0.1, 0.15) is 5.82 Å². The fourth-order valence-electron chi connectivity index (χ4n) is 4.43. The summed E-state index contributed by atoms with van der Waals surface area (Å²) in [6.07, 6.45) is 8.87. The largest absolute Gasteiger partial charge is 0.361 e. The van der Waals surface area contributed by atoms with Crippen molar-refractivity contribution in [3.8, 4) is 0 Å². The lowest BCUT2D eigenvalue weighted by atomic mass is 9.65. The van der Waals surface area contributed by atoms with Crippen LogP contribution in [0, 0.1) is 17.2 Å². The molecule has 3 nitrogen and oxygen atoms in total. The Balaban J connectivity index is 1.60. The highest BCUT2D eigenvalue weighted by Crippen LogP contribution is 2.45. The summed E-state index contributed by atoms with van der Waals surface area (Å²) in [5.74, 6) is 0.331. The van der Waals surface area contributed by atoms with E-state index in [-0.39, 0.29) is 23.2 Å². The number of hydrogen-bond donors (Lipinski definition) is 1. The zero-order valence-electron chi connectivity index (χ0n) is 14.2. The van der Waals surface area contributed by atoms with Crippen LogP contribution in [0.5, 0.6) is 0 Å². The van der Waals surface area contributed by atoms with Crippen molar-refractivity contribution in [2.24, 2.45) is 11.3 Å². The van der Waals surface area contributed by atoms with Crippen LogP contribution in [0.4, 0.5) is 4.39 Å². The van der Waals surface area contributed by atoms with Gasteiger partial charge in [-0.1, -0.05) is 26.0 Å². The average molecular weight is 326 g/mol. The van der Waals surface area contributed by atoms with Crippen LogP contribution in [0.15, 0.2) is 36.5 Å². The third-order valence-corrected chi connectivity index (χ3v) is 5.97. The molecule has 1 saturated heterocycles. The fourth-order valence-corrected chi connectivity index (χ4v) is 4.43. The summed E-state index contributed by atoms with van der Waals surface area (Å²) in [6.45, 7) is 5.31. The average Bonchev–Trinajstić information content (AvgIpc) is 2.97. The van der Waals surface area contributed by atoms with Crippen molar-refractivity contribution < 1.29 is 9.18 Å². The summed E-state index contributed by atoms with van der Waals surface area (Å²) in [5, 5.41) is 0.805. The van der Waals surface area contributed by atoms with Crippen LogP contribution in [-0.4, -0.2) is 28.4 Å². The van der Waals surface area contributed by atoms with Gasteiger partial charge in [-0.05, 0) is 47.9 Å². The molecule has 3 aliphatic rings. The van der Waals surface area contributed by atoms with E-state index in [1.165, 1.54) is 12.1 Å². The fraction of sp³-hybridized carbons (Fsp3) is 0.450. The highest BCUT2D eigenvalue weighted by Gasteiger charge is 2.46. The lowest BCUT2D eigenvalue weighted by Crippen LogP contribution is -2.57. The first-order valence-corrected chi connectivity index (χ1v) is 8.73. The molecule has 4 heteroatoms. The van der Waals surface area contributed by atoms with Gasteiger partial charge in [0.25, 0.3) is 0 Å². The number of rotatable bonds is 3. The number of hydrogen-bond acceptors (Lipinski definition) is 1. The highest BCUT2D eigenvalue weighted by molar-refractivity contribution is 5.89. The Morgan fingerprint density at radius 1 is 1.42 bits per heavy atom. The number of H-pyrrole nitrogens is 1. The van der Waals surface area contributed by atoms with E-state index in [2.05, 4.69) is 31.0 Å². The van der Waals surface area contributed by atoms with Crippen molar-refractivity contribution in [2.75, 3.05) is 6.54 Å². The molecular formula is C20H23FN2O. The molecule has 2 bridgehead atoms. The predicted octanol–water partition coefficient (Wildman–Crippen LogP) is 4.05. The van der Waals surface area contributed by atoms with E-state index in [0.717, 1.165) is 35.9 Å². The van der Waals surface area contributed by atoms with Gasteiger partial charge in [0.15, 0.2) is 0 Å². The second-order valence-corrected chi connectivity index (χ2v) is 7.53. The zero-order valence-corrected chi connectivity index (χ0v) is 14.2. The molecule has 3 atom stereocenters. The van der Waals surface area contributed by atoms with Crippen LogP contribution in [0.25, 0.3) is 10.9 Å². The Kier molecular flexibility index (Phi) is 3.52. The molecule has 1 N–H and O–H groups in total. The number of fused-ring (bicyclic) bond motifs is 3. The molecular weight excluding hydrogens is 303 g/mol. The zero-order chi connectivity index (χ0) is 16.9. The first-order valence-electron chi connectivity index (χ1n) is 8.73. The Labute approximate surface area is 141 Å². The number of carbonyl (C=O) groups is 1. The quantitative estimate of drug-likeness (QED) is 0.849. The van der Waals surface area contributed by atoms with Gasteiger partial charge in [-0.2, -0.15) is 0 Å². The number of aromatic nitrogens is 1. The van der Waals surface area contributed by atoms with E-state index < -0.39 is 0 Å². The SMILES string of the molecule is CCC1(C)CC2C=CC1N(C(=O)Cc1c[nH]c3ccc(F)cc13)C2. The molecule has 0 saturated carbocycles. The summed E-state index contributed by atoms with van der Waals surface area (Å²) in [6, 6.07) is 4.85. The molecule has 1 aromatic carbocycles. The molecule has 1 fully saturated rings. The molecule has 3 unspecified atom stereocenters. The minimum absolute atomic E-state index is 0.138. The molecule has 0 spiro atoms. The van der Waals surface area contributed by atoms with Gasteiger partial charge in [-0.3, -0.25) is 4.79 Å². The highest BCUT2D eigenvalue weighted by atomic mass is 19.1. The normalized spacial score (nSPS) is 28.7. The Bertz CT molecular complexity index is 824. The third-order valence-electron chi connectivity index (χ3n) is 5.97. The van der Waals surface area contributed by atoms with E-state index in [1.807, 2.05) is 11.1 Å². The van der Waals surface area contributed by atoms with Gasteiger partial charge >= 0.3 is 0 Å². The van der Waals surface area contributed by atoms with E-state index in [9.17, 15) is 9.18 Å². The van der Waals surface area contributed by atoms with Crippen LogP contribution in [0.2, 0.25) is 0 Å². The molecule has 1 aliphatic carbocycles. The Morgan fingerprint density at radius 2 is 2.25 bits per heavy atom. The minimum atomic E-state index is -0.269. The Morgan fingerprint density at radius 3 is 3.00 bits per heavy atom. The second-order valence-electron chi connectivity index (χ2n) is 7.53. The van der Waals surface area contributed by atoms with Crippen molar-refractivity contribution >= 4 is 16.8 Å². The number of carbonyl (C=O) groups excluding carboxylic acids is 1. The number of piperidine rings is 1. The van der Waals surface area contributed by atoms with Gasteiger partial charge in [-0.15, -0.1) is 0 Å². The van der Waals surface area contributed by atoms with Gasteiger partial charge in [0.2, 0.25) is 5.91 Å². The van der Waals surface area contributed by atoms with Crippen molar-refractivity contribution in [3.63, 3.8) is 0 Å². The molecule has 5 rings (SSSR count). The van der Waals surface area contributed by atoms with Gasteiger partial charge in [0.05, 0.1) is 12.5 Å². The van der Waals surface area contributed by atoms with Gasteiger partial charge in [-0.25, -0.2) is 4.39 Å². The lowest BCUT2D eigenvalue weighted by Gasteiger charge is -2.52. The number of nitrogens with zero attached hydrogens (tertiary/aromatic N) is 1. The van der Waals surface area contributed by atoms with Crippen LogP contribution >= 0.6 is 0 Å². The van der Waals surface area contributed by atoms with Crippen molar-refractivity contribution in [1.29, 1.82) is 0 Å². The lowest BCUT2D eigenvalue weighted by molar-refractivity contribution is -0.138. The number of benzene rings is 1. The van der Waals surface area contributed by atoms with Crippen LogP contribution in [-0.2, 0) is 11.2 Å². The smallest absolute Gasteiger partial charge is 0.227 e. The minimum Gasteiger partial charge on any atom is -0.361 e. The standard InChI is InChI=1S/C20H23FN2O/c1-3-20(2)10-13-4-7-18(20)23(12-13)19(24)8-14-11-22-17-6-5-15(21)9-16(14)17/h4-7,9,11,13,18,22H,3,8,10,12H2,1-2H3. The van der Waals surface area contributed by atoms with Crippen LogP contribution in [0.1, 0.15) is 32.3 Å². The maximum atomic E-state index is 13.5. The molecule has 1 amide bonds. The molecule has 2 aliphatic heterocycles. The van der Waals surface area contributed by atoms with Crippen LogP contribution in [0.3, 0.4) is 0 Å². The number of amides is 1. The van der Waals surface area contributed by atoms with Crippen LogP contribution < -0.4 is 0 Å². The molecule has 24 heavy (non-hydrogen) atoms. The summed E-state index contributed by atoms with van der Waals surface area (Å²) in [4.78, 5) is 18.1. The molecule has 1 aromatic heterocycles. The topological polar surface area (TPSA) is 36.1 Å². The first kappa shape index (κ1) is 15.4.